The maximum atomic E-state index is 12.1. The van der Waals surface area contributed by atoms with E-state index >= 15 is 0 Å². The van der Waals surface area contributed by atoms with Crippen LogP contribution in [0.5, 0.6) is 11.5 Å². The van der Waals surface area contributed by atoms with E-state index in [1.165, 1.54) is 6.08 Å². The van der Waals surface area contributed by atoms with E-state index in [-0.39, 0.29) is 11.6 Å². The summed E-state index contributed by atoms with van der Waals surface area (Å²) < 4.78 is 15.3. The molecule has 7 nitrogen and oxygen atoms in total. The van der Waals surface area contributed by atoms with Crippen molar-refractivity contribution in [3.63, 3.8) is 0 Å². The van der Waals surface area contributed by atoms with Gasteiger partial charge in [-0.05, 0) is 36.8 Å². The summed E-state index contributed by atoms with van der Waals surface area (Å²) in [4.78, 5) is 24.2. The number of methoxy groups -OCH3 is 2. The summed E-state index contributed by atoms with van der Waals surface area (Å²) in [6, 6.07) is 15.6. The minimum atomic E-state index is -0.872. The first kappa shape index (κ1) is 21.5. The van der Waals surface area contributed by atoms with E-state index in [0.717, 1.165) is 5.56 Å². The van der Waals surface area contributed by atoms with Gasteiger partial charge in [-0.15, -0.1) is 0 Å². The first-order valence-electron chi connectivity index (χ1n) is 8.83. The zero-order valence-corrected chi connectivity index (χ0v) is 16.5. The highest BCUT2D eigenvalue weighted by atomic mass is 16.5. The van der Waals surface area contributed by atoms with Crippen LogP contribution >= 0.6 is 0 Å². The number of carbonyl (C=O) groups is 2. The van der Waals surface area contributed by atoms with Crippen LogP contribution in [0.25, 0.3) is 6.08 Å². The maximum Gasteiger partial charge on any atom is 0.349 e. The lowest BCUT2D eigenvalue weighted by molar-refractivity contribution is -0.144. The number of para-hydroxylation sites is 1. The predicted octanol–water partition coefficient (Wildman–Crippen LogP) is 3.03. The van der Waals surface area contributed by atoms with Crippen molar-refractivity contribution in [2.24, 2.45) is 0 Å². The summed E-state index contributed by atoms with van der Waals surface area (Å²) in [5, 5.41) is 12.0. The highest BCUT2D eigenvalue weighted by Gasteiger charge is 2.16. The lowest BCUT2D eigenvalue weighted by Gasteiger charge is -2.17. The number of hydrogen-bond donors (Lipinski definition) is 1. The molecule has 0 aliphatic rings. The maximum absolute atomic E-state index is 12.1. The van der Waals surface area contributed by atoms with E-state index < -0.39 is 18.5 Å². The first-order valence-corrected chi connectivity index (χ1v) is 8.83. The Hall–Kier alpha value is -3.79. The van der Waals surface area contributed by atoms with Gasteiger partial charge in [-0.25, -0.2) is 4.79 Å². The van der Waals surface area contributed by atoms with Crippen LogP contribution < -0.4 is 14.8 Å². The van der Waals surface area contributed by atoms with E-state index in [2.05, 4.69) is 5.32 Å². The molecule has 2 aromatic rings. The summed E-state index contributed by atoms with van der Waals surface area (Å²) >= 11 is 0. The number of nitrogens with one attached hydrogen (secondary N) is 1. The van der Waals surface area contributed by atoms with Gasteiger partial charge in [0.2, 0.25) is 0 Å². The molecule has 150 valence electrons. The Kier molecular flexibility index (Phi) is 7.80. The molecule has 29 heavy (non-hydrogen) atoms. The number of amides is 1. The van der Waals surface area contributed by atoms with Crippen molar-refractivity contribution in [3.05, 3.63) is 65.2 Å². The number of ether oxygens (including phenoxy) is 3. The second-order valence-corrected chi connectivity index (χ2v) is 6.05. The van der Waals surface area contributed by atoms with E-state index in [4.69, 9.17) is 14.2 Å². The average molecular weight is 394 g/mol. The topological polar surface area (TPSA) is 97.6 Å². The van der Waals surface area contributed by atoms with E-state index in [9.17, 15) is 14.9 Å². The minimum absolute atomic E-state index is 0.208. The molecule has 1 N–H and O–H groups in total. The van der Waals surface area contributed by atoms with E-state index in [1.807, 2.05) is 18.2 Å². The summed E-state index contributed by atoms with van der Waals surface area (Å²) in [5.41, 5.74) is 1.22. The van der Waals surface area contributed by atoms with Crippen LogP contribution in [-0.4, -0.2) is 32.7 Å². The normalized spacial score (nSPS) is 11.7. The zero-order valence-electron chi connectivity index (χ0n) is 16.5. The summed E-state index contributed by atoms with van der Waals surface area (Å²) in [6.45, 7) is 1.29. The quantitative estimate of drug-likeness (QED) is 0.420. The summed E-state index contributed by atoms with van der Waals surface area (Å²) in [5.74, 6) is -0.0579. The van der Waals surface area contributed by atoms with Crippen molar-refractivity contribution in [1.29, 1.82) is 5.26 Å². The highest BCUT2D eigenvalue weighted by Crippen LogP contribution is 2.24. The molecule has 1 unspecified atom stereocenters. The van der Waals surface area contributed by atoms with Crippen LogP contribution in [0.1, 0.15) is 24.1 Å². The molecular formula is C22H22N2O5. The van der Waals surface area contributed by atoms with Crippen molar-refractivity contribution < 1.29 is 23.8 Å². The third-order valence-corrected chi connectivity index (χ3v) is 4.08. The van der Waals surface area contributed by atoms with Gasteiger partial charge in [0.1, 0.15) is 23.1 Å². The van der Waals surface area contributed by atoms with Gasteiger partial charge in [-0.1, -0.05) is 30.3 Å². The first-order chi connectivity index (χ1) is 14.0. The Bertz CT molecular complexity index is 929. The lowest BCUT2D eigenvalue weighted by Crippen LogP contribution is -2.31. The van der Waals surface area contributed by atoms with Gasteiger partial charge < -0.3 is 19.5 Å². The van der Waals surface area contributed by atoms with Gasteiger partial charge in [0.05, 0.1) is 20.3 Å². The fraction of sp³-hybridized carbons (Fsp3) is 0.227. The fourth-order valence-corrected chi connectivity index (χ4v) is 2.60. The average Bonchev–Trinajstić information content (AvgIpc) is 2.76. The van der Waals surface area contributed by atoms with Crippen molar-refractivity contribution >= 4 is 18.0 Å². The van der Waals surface area contributed by atoms with Crippen LogP contribution in [-0.2, 0) is 14.3 Å². The number of rotatable bonds is 8. The smallest absolute Gasteiger partial charge is 0.349 e. The third kappa shape index (κ3) is 6.11. The molecule has 0 aliphatic heterocycles. The van der Waals surface area contributed by atoms with Crippen LogP contribution in [0.4, 0.5) is 0 Å². The molecule has 1 amide bonds. The number of nitrogens with zero attached hydrogens (tertiary/aromatic N) is 1. The zero-order chi connectivity index (χ0) is 21.2. The van der Waals surface area contributed by atoms with Crippen LogP contribution in [0.2, 0.25) is 0 Å². The van der Waals surface area contributed by atoms with Gasteiger partial charge in [0.25, 0.3) is 5.91 Å². The number of esters is 1. The van der Waals surface area contributed by atoms with Crippen molar-refractivity contribution in [3.8, 4) is 17.6 Å². The Labute approximate surface area is 169 Å². The Morgan fingerprint density at radius 3 is 2.41 bits per heavy atom. The molecule has 0 fully saturated rings. The monoisotopic (exact) mass is 394 g/mol. The SMILES string of the molecule is COc1ccc(/C=C(\C#N)C(=O)OCC(=O)NC(C)c2ccccc2OC)cc1. The summed E-state index contributed by atoms with van der Waals surface area (Å²) in [6.07, 6.45) is 1.39. The molecular weight excluding hydrogens is 372 g/mol. The summed E-state index contributed by atoms with van der Waals surface area (Å²) in [7, 11) is 3.09. The van der Waals surface area contributed by atoms with Gasteiger partial charge >= 0.3 is 5.97 Å². The van der Waals surface area contributed by atoms with Gasteiger partial charge in [-0.3, -0.25) is 4.79 Å². The van der Waals surface area contributed by atoms with Crippen molar-refractivity contribution in [2.45, 2.75) is 13.0 Å². The second kappa shape index (κ2) is 10.5. The highest BCUT2D eigenvalue weighted by molar-refractivity contribution is 5.98. The Morgan fingerprint density at radius 1 is 1.10 bits per heavy atom. The van der Waals surface area contributed by atoms with Gasteiger partial charge in [0.15, 0.2) is 6.61 Å². The standard InChI is InChI=1S/C22H22N2O5/c1-15(19-6-4-5-7-20(19)28-3)24-21(25)14-29-22(26)17(13-23)12-16-8-10-18(27-2)11-9-16/h4-12,15H,14H2,1-3H3,(H,24,25)/b17-12+. The van der Waals surface area contributed by atoms with Gasteiger partial charge in [0, 0.05) is 5.56 Å². The molecule has 0 saturated carbocycles. The number of carbonyl (C=O) groups excluding carboxylic acids is 2. The van der Waals surface area contributed by atoms with Crippen molar-refractivity contribution in [1.82, 2.24) is 5.32 Å². The Morgan fingerprint density at radius 2 is 1.79 bits per heavy atom. The molecule has 0 aromatic heterocycles. The van der Waals surface area contributed by atoms with E-state index in [0.29, 0.717) is 17.1 Å². The Balaban J connectivity index is 1.94. The minimum Gasteiger partial charge on any atom is -0.497 e. The molecule has 0 bridgehead atoms. The second-order valence-electron chi connectivity index (χ2n) is 6.05. The molecule has 0 heterocycles. The molecule has 0 aliphatic carbocycles. The molecule has 0 spiro atoms. The third-order valence-electron chi connectivity index (χ3n) is 4.08. The number of hydrogen-bond acceptors (Lipinski definition) is 6. The van der Waals surface area contributed by atoms with Gasteiger partial charge in [-0.2, -0.15) is 5.26 Å². The van der Waals surface area contributed by atoms with Crippen LogP contribution in [0, 0.1) is 11.3 Å². The number of benzene rings is 2. The largest absolute Gasteiger partial charge is 0.497 e. The fourth-order valence-electron chi connectivity index (χ4n) is 2.60. The molecule has 2 rings (SSSR count). The van der Waals surface area contributed by atoms with Crippen LogP contribution in [0.15, 0.2) is 54.1 Å². The van der Waals surface area contributed by atoms with Crippen LogP contribution in [0.3, 0.4) is 0 Å². The number of nitriles is 1. The lowest BCUT2D eigenvalue weighted by atomic mass is 10.1. The predicted molar refractivity (Wildman–Crippen MR) is 107 cm³/mol. The van der Waals surface area contributed by atoms with E-state index in [1.54, 1.807) is 57.5 Å². The molecule has 7 heteroatoms. The van der Waals surface area contributed by atoms with Crippen molar-refractivity contribution in [2.75, 3.05) is 20.8 Å². The molecule has 1 atom stereocenters. The molecule has 2 aromatic carbocycles. The molecule has 0 saturated heterocycles. The molecule has 0 radical (unpaired) electrons.